The molecule has 1 heterocycles. The summed E-state index contributed by atoms with van der Waals surface area (Å²) in [6.07, 6.45) is -0.0747. The molecule has 180 valence electrons. The molecule has 1 amide bonds. The average molecular weight is 512 g/mol. The lowest BCUT2D eigenvalue weighted by molar-refractivity contribution is -0.132. The largest absolute Gasteiger partial charge is 0.507 e. The monoisotopic (exact) mass is 511 g/mol. The maximum absolute atomic E-state index is 13.3. The quantitative estimate of drug-likeness (QED) is 0.235. The zero-order chi connectivity index (χ0) is 25.3. The minimum atomic E-state index is -0.909. The second-order valence-electron chi connectivity index (χ2n) is 8.22. The maximum Gasteiger partial charge on any atom is 0.300 e. The molecular formula is C27H23Cl2NO5. The molecule has 0 aromatic heterocycles. The van der Waals surface area contributed by atoms with Crippen LogP contribution in [0.1, 0.15) is 31.0 Å². The van der Waals surface area contributed by atoms with E-state index in [2.05, 4.69) is 0 Å². The highest BCUT2D eigenvalue weighted by molar-refractivity contribution is 6.51. The van der Waals surface area contributed by atoms with Gasteiger partial charge in [0.1, 0.15) is 11.5 Å². The van der Waals surface area contributed by atoms with E-state index in [9.17, 15) is 14.7 Å². The molecule has 0 radical (unpaired) electrons. The van der Waals surface area contributed by atoms with E-state index < -0.39 is 23.5 Å². The molecule has 1 fully saturated rings. The van der Waals surface area contributed by atoms with Gasteiger partial charge in [-0.1, -0.05) is 53.5 Å². The number of carbonyl (C=O) groups excluding carboxylic acids is 2. The summed E-state index contributed by atoms with van der Waals surface area (Å²) in [5, 5.41) is 11.6. The van der Waals surface area contributed by atoms with Gasteiger partial charge in [-0.25, -0.2) is 0 Å². The van der Waals surface area contributed by atoms with Crippen molar-refractivity contribution in [3.63, 3.8) is 0 Å². The number of carbonyl (C=O) groups is 2. The van der Waals surface area contributed by atoms with Gasteiger partial charge in [0.2, 0.25) is 0 Å². The van der Waals surface area contributed by atoms with Gasteiger partial charge in [0.25, 0.3) is 11.7 Å². The highest BCUT2D eigenvalue weighted by Crippen LogP contribution is 2.44. The number of ether oxygens (including phenoxy) is 2. The van der Waals surface area contributed by atoms with Crippen LogP contribution in [0.15, 0.2) is 72.3 Å². The molecule has 3 aromatic rings. The van der Waals surface area contributed by atoms with Crippen LogP contribution in [0.2, 0.25) is 10.0 Å². The van der Waals surface area contributed by atoms with Crippen LogP contribution in [0.5, 0.6) is 11.5 Å². The number of benzene rings is 3. The van der Waals surface area contributed by atoms with E-state index in [1.165, 1.54) is 24.1 Å². The lowest BCUT2D eigenvalue weighted by Gasteiger charge is -2.26. The molecule has 1 atom stereocenters. The molecule has 8 heteroatoms. The van der Waals surface area contributed by atoms with Crippen LogP contribution in [0.25, 0.3) is 5.76 Å². The number of halogens is 2. The highest BCUT2D eigenvalue weighted by atomic mass is 35.5. The second kappa shape index (κ2) is 10.0. The number of aliphatic hydroxyl groups excluding tert-OH is 1. The number of ketones is 1. The van der Waals surface area contributed by atoms with E-state index in [0.29, 0.717) is 17.0 Å². The summed E-state index contributed by atoms with van der Waals surface area (Å²) >= 11 is 12.6. The van der Waals surface area contributed by atoms with Crippen molar-refractivity contribution in [2.45, 2.75) is 26.0 Å². The smallest absolute Gasteiger partial charge is 0.300 e. The van der Waals surface area contributed by atoms with Crippen molar-refractivity contribution < 1.29 is 24.2 Å². The fourth-order valence-electron chi connectivity index (χ4n) is 4.08. The third-order valence-electron chi connectivity index (χ3n) is 5.50. The molecule has 6 nitrogen and oxygen atoms in total. The summed E-state index contributed by atoms with van der Waals surface area (Å²) in [6, 6.07) is 17.9. The van der Waals surface area contributed by atoms with Gasteiger partial charge in [0.15, 0.2) is 5.75 Å². The van der Waals surface area contributed by atoms with Crippen molar-refractivity contribution in [3.8, 4) is 11.5 Å². The lowest BCUT2D eigenvalue weighted by atomic mass is 9.95. The van der Waals surface area contributed by atoms with E-state index in [0.717, 1.165) is 0 Å². The minimum absolute atomic E-state index is 0.0747. The first-order valence-corrected chi connectivity index (χ1v) is 11.6. The lowest BCUT2D eigenvalue weighted by Crippen LogP contribution is -2.29. The Balaban J connectivity index is 1.95. The second-order valence-corrected chi connectivity index (χ2v) is 9.03. The van der Waals surface area contributed by atoms with Gasteiger partial charge in [-0.2, -0.15) is 0 Å². The summed E-state index contributed by atoms with van der Waals surface area (Å²) in [5.41, 5.74) is 1.21. The molecule has 0 aliphatic carbocycles. The van der Waals surface area contributed by atoms with Gasteiger partial charge in [-0.15, -0.1) is 0 Å². The molecule has 1 N–H and O–H groups in total. The molecule has 1 aliphatic rings. The van der Waals surface area contributed by atoms with Crippen LogP contribution in [0.4, 0.5) is 5.69 Å². The molecule has 0 bridgehead atoms. The van der Waals surface area contributed by atoms with Crippen LogP contribution >= 0.6 is 23.2 Å². The number of hydrogen-bond donors (Lipinski definition) is 1. The van der Waals surface area contributed by atoms with Crippen molar-refractivity contribution in [2.24, 2.45) is 0 Å². The Morgan fingerprint density at radius 2 is 1.63 bits per heavy atom. The Kier molecular flexibility index (Phi) is 7.05. The molecule has 3 aromatic carbocycles. The molecular weight excluding hydrogens is 489 g/mol. The Hall–Kier alpha value is -3.48. The van der Waals surface area contributed by atoms with Crippen molar-refractivity contribution in [1.29, 1.82) is 0 Å². The fraction of sp³-hybridized carbons (Fsp3) is 0.185. The van der Waals surface area contributed by atoms with Gasteiger partial charge in [-0.3, -0.25) is 14.5 Å². The van der Waals surface area contributed by atoms with Crippen molar-refractivity contribution in [3.05, 3.63) is 93.5 Å². The predicted molar refractivity (Wildman–Crippen MR) is 136 cm³/mol. The SMILES string of the molecule is COc1c(Cl)cc(/C(O)=C2\C(=O)C(=O)N(c3ccccc3)C2c2cccc(OC(C)C)c2)cc1Cl. The first-order chi connectivity index (χ1) is 16.7. The van der Waals surface area contributed by atoms with Crippen LogP contribution in [0.3, 0.4) is 0 Å². The average Bonchev–Trinajstić information content (AvgIpc) is 3.09. The van der Waals surface area contributed by atoms with E-state index in [1.807, 2.05) is 19.9 Å². The third kappa shape index (κ3) is 4.72. The Bertz CT molecular complexity index is 1300. The summed E-state index contributed by atoms with van der Waals surface area (Å²) in [7, 11) is 1.42. The summed E-state index contributed by atoms with van der Waals surface area (Å²) in [5.74, 6) is -1.16. The number of rotatable bonds is 6. The van der Waals surface area contributed by atoms with Crippen LogP contribution in [-0.2, 0) is 9.59 Å². The predicted octanol–water partition coefficient (Wildman–Crippen LogP) is 6.42. The van der Waals surface area contributed by atoms with E-state index in [-0.39, 0.29) is 33.0 Å². The van der Waals surface area contributed by atoms with Crippen LogP contribution < -0.4 is 14.4 Å². The number of Topliss-reactive ketones (excluding diaryl/α,β-unsaturated/α-hetero) is 1. The molecule has 0 saturated carbocycles. The van der Waals surface area contributed by atoms with Gasteiger partial charge < -0.3 is 14.6 Å². The fourth-order valence-corrected chi connectivity index (χ4v) is 4.72. The normalized spacial score (nSPS) is 17.2. The molecule has 4 rings (SSSR count). The molecule has 1 saturated heterocycles. The number of nitrogens with zero attached hydrogens (tertiary/aromatic N) is 1. The first-order valence-electron chi connectivity index (χ1n) is 10.9. The maximum atomic E-state index is 13.3. The van der Waals surface area contributed by atoms with Crippen molar-refractivity contribution in [1.82, 2.24) is 0 Å². The molecule has 1 unspecified atom stereocenters. The first kappa shape index (κ1) is 24.6. The van der Waals surface area contributed by atoms with E-state index in [1.54, 1.807) is 48.5 Å². The number of anilines is 1. The zero-order valence-electron chi connectivity index (χ0n) is 19.3. The standard InChI is InChI=1S/C27H23Cl2NO5/c1-15(2)35-19-11-7-8-16(12-19)23-22(24(31)17-13-20(28)26(34-3)21(29)14-17)25(32)27(33)30(23)18-9-5-4-6-10-18/h4-15,23,31H,1-3H3/b24-22+. The Morgan fingerprint density at radius 1 is 0.971 bits per heavy atom. The third-order valence-corrected chi connectivity index (χ3v) is 6.06. The summed E-state index contributed by atoms with van der Waals surface area (Å²) < 4.78 is 11.0. The van der Waals surface area contributed by atoms with Gasteiger partial charge in [0.05, 0.1) is 34.9 Å². The van der Waals surface area contributed by atoms with Crippen molar-refractivity contribution >= 4 is 46.3 Å². The topological polar surface area (TPSA) is 76.1 Å². The summed E-state index contributed by atoms with van der Waals surface area (Å²) in [4.78, 5) is 27.9. The van der Waals surface area contributed by atoms with E-state index >= 15 is 0 Å². The van der Waals surface area contributed by atoms with Gasteiger partial charge in [0, 0.05) is 11.3 Å². The Labute approximate surface area is 213 Å². The van der Waals surface area contributed by atoms with Gasteiger partial charge >= 0.3 is 0 Å². The van der Waals surface area contributed by atoms with Crippen LogP contribution in [-0.4, -0.2) is 30.0 Å². The van der Waals surface area contributed by atoms with E-state index in [4.69, 9.17) is 32.7 Å². The molecule has 1 aliphatic heterocycles. The Morgan fingerprint density at radius 3 is 2.23 bits per heavy atom. The molecule has 0 spiro atoms. The van der Waals surface area contributed by atoms with Crippen molar-refractivity contribution in [2.75, 3.05) is 12.0 Å². The number of methoxy groups -OCH3 is 1. The number of para-hydroxylation sites is 1. The minimum Gasteiger partial charge on any atom is -0.507 e. The van der Waals surface area contributed by atoms with Crippen LogP contribution in [0, 0.1) is 0 Å². The summed E-state index contributed by atoms with van der Waals surface area (Å²) in [6.45, 7) is 3.81. The van der Waals surface area contributed by atoms with Gasteiger partial charge in [-0.05, 0) is 55.8 Å². The number of aliphatic hydroxyl groups is 1. The highest BCUT2D eigenvalue weighted by Gasteiger charge is 2.47. The number of hydrogen-bond acceptors (Lipinski definition) is 5. The number of amides is 1. The molecule has 35 heavy (non-hydrogen) atoms. The zero-order valence-corrected chi connectivity index (χ0v) is 20.8.